The molecular formula is C18H33NO8. The molecule has 0 atom stereocenters. The fourth-order valence-corrected chi connectivity index (χ4v) is 1.80. The van der Waals surface area contributed by atoms with Gasteiger partial charge in [-0.2, -0.15) is 0 Å². The zero-order valence-electron chi connectivity index (χ0n) is 16.6. The van der Waals surface area contributed by atoms with Gasteiger partial charge in [0, 0.05) is 19.6 Å². The first-order valence-corrected chi connectivity index (χ1v) is 9.14. The molecule has 0 rings (SSSR count). The van der Waals surface area contributed by atoms with E-state index in [1.165, 1.54) is 0 Å². The molecule has 27 heavy (non-hydrogen) atoms. The third-order valence-corrected chi connectivity index (χ3v) is 2.97. The number of aliphatic carboxylic acids is 1. The van der Waals surface area contributed by atoms with Gasteiger partial charge >= 0.3 is 11.9 Å². The summed E-state index contributed by atoms with van der Waals surface area (Å²) in [6.45, 7) is 8.36. The van der Waals surface area contributed by atoms with Crippen molar-refractivity contribution < 1.29 is 38.4 Å². The highest BCUT2D eigenvalue weighted by Crippen LogP contribution is 2.07. The maximum atomic E-state index is 11.4. The lowest BCUT2D eigenvalue weighted by molar-refractivity contribution is -0.156. The van der Waals surface area contributed by atoms with Crippen LogP contribution in [0, 0.1) is 0 Å². The van der Waals surface area contributed by atoms with E-state index in [9.17, 15) is 14.4 Å². The number of carbonyl (C=O) groups is 3. The van der Waals surface area contributed by atoms with Gasteiger partial charge in [-0.1, -0.05) is 0 Å². The molecule has 0 aromatic rings. The van der Waals surface area contributed by atoms with Gasteiger partial charge in [-0.05, 0) is 27.2 Å². The van der Waals surface area contributed by atoms with Crippen molar-refractivity contribution in [3.05, 3.63) is 0 Å². The molecule has 0 fully saturated rings. The third-order valence-electron chi connectivity index (χ3n) is 2.97. The Balaban J connectivity index is 3.26. The Morgan fingerprint density at radius 2 is 1.37 bits per heavy atom. The molecule has 0 aromatic heterocycles. The Bertz CT molecular complexity index is 434. The van der Waals surface area contributed by atoms with Crippen LogP contribution >= 0.6 is 0 Å². The topological polar surface area (TPSA) is 120 Å². The lowest BCUT2D eigenvalue weighted by atomic mass is 10.2. The summed E-state index contributed by atoms with van der Waals surface area (Å²) in [5.74, 6) is -1.54. The fraction of sp³-hybridized carbons (Fsp3) is 0.833. The minimum absolute atomic E-state index is 0.0100. The molecule has 0 saturated heterocycles. The first-order chi connectivity index (χ1) is 12.7. The van der Waals surface area contributed by atoms with Crippen molar-refractivity contribution in [2.45, 2.75) is 52.1 Å². The number of esters is 1. The van der Waals surface area contributed by atoms with Crippen molar-refractivity contribution in [3.8, 4) is 0 Å². The number of ether oxygens (including phenoxy) is 4. The lowest BCUT2D eigenvalue weighted by Gasteiger charge is -2.19. The molecule has 0 aliphatic heterocycles. The molecule has 0 saturated carbocycles. The summed E-state index contributed by atoms with van der Waals surface area (Å²) in [6, 6.07) is 0. The number of carbonyl (C=O) groups excluding carboxylic acids is 2. The van der Waals surface area contributed by atoms with E-state index in [1.807, 2.05) is 20.8 Å². The van der Waals surface area contributed by atoms with Gasteiger partial charge in [0.1, 0.15) is 5.60 Å². The van der Waals surface area contributed by atoms with Gasteiger partial charge in [0.15, 0.2) is 0 Å². The predicted molar refractivity (Wildman–Crippen MR) is 97.4 cm³/mol. The number of carboxylic acid groups (broad SMARTS) is 1. The van der Waals surface area contributed by atoms with E-state index in [1.54, 1.807) is 0 Å². The Hall–Kier alpha value is -1.71. The first-order valence-electron chi connectivity index (χ1n) is 9.14. The van der Waals surface area contributed by atoms with Gasteiger partial charge in [0.25, 0.3) is 0 Å². The Morgan fingerprint density at radius 3 is 1.93 bits per heavy atom. The molecule has 0 unspecified atom stereocenters. The van der Waals surface area contributed by atoms with Gasteiger partial charge in [0.2, 0.25) is 5.91 Å². The normalized spacial score (nSPS) is 11.2. The predicted octanol–water partition coefficient (Wildman–Crippen LogP) is 1.14. The number of carboxylic acids is 1. The van der Waals surface area contributed by atoms with Crippen molar-refractivity contribution in [3.63, 3.8) is 0 Å². The van der Waals surface area contributed by atoms with E-state index in [0.717, 1.165) is 0 Å². The first kappa shape index (κ1) is 25.3. The second-order valence-electron chi connectivity index (χ2n) is 6.77. The molecule has 158 valence electrons. The van der Waals surface area contributed by atoms with Crippen LogP contribution in [0.3, 0.4) is 0 Å². The van der Waals surface area contributed by atoms with Gasteiger partial charge in [-0.3, -0.25) is 14.4 Å². The van der Waals surface area contributed by atoms with Gasteiger partial charge < -0.3 is 29.4 Å². The van der Waals surface area contributed by atoms with E-state index in [2.05, 4.69) is 5.32 Å². The molecule has 0 aliphatic rings. The maximum absolute atomic E-state index is 11.4. The quantitative estimate of drug-likeness (QED) is 0.297. The molecule has 9 heteroatoms. The van der Waals surface area contributed by atoms with Crippen molar-refractivity contribution >= 4 is 17.8 Å². The standard InChI is InChI=1S/C18H33NO8/c1-18(2,3)27-17(23)7-10-25-12-14-26-13-11-24-9-4-8-19-15(20)5-6-16(21)22/h4-14H2,1-3H3,(H,19,20)(H,21,22). The van der Waals surface area contributed by atoms with Crippen molar-refractivity contribution in [2.75, 3.05) is 46.2 Å². The van der Waals surface area contributed by atoms with E-state index in [4.69, 9.17) is 24.1 Å². The van der Waals surface area contributed by atoms with E-state index < -0.39 is 11.6 Å². The minimum Gasteiger partial charge on any atom is -0.481 e. The number of nitrogens with one attached hydrogen (secondary N) is 1. The van der Waals surface area contributed by atoms with Crippen molar-refractivity contribution in [1.29, 1.82) is 0 Å². The van der Waals surface area contributed by atoms with Crippen LogP contribution in [0.25, 0.3) is 0 Å². The van der Waals surface area contributed by atoms with Crippen LogP contribution in [0.1, 0.15) is 46.5 Å². The highest BCUT2D eigenvalue weighted by Gasteiger charge is 2.15. The minimum atomic E-state index is -0.984. The van der Waals surface area contributed by atoms with Crippen LogP contribution in [0.4, 0.5) is 0 Å². The summed E-state index contributed by atoms with van der Waals surface area (Å²) in [7, 11) is 0. The molecule has 0 radical (unpaired) electrons. The monoisotopic (exact) mass is 391 g/mol. The molecule has 0 heterocycles. The SMILES string of the molecule is CC(C)(C)OC(=O)CCOCCOCCOCCCNC(=O)CCC(=O)O. The number of hydrogen-bond donors (Lipinski definition) is 2. The average Bonchev–Trinajstić information content (AvgIpc) is 2.55. The largest absolute Gasteiger partial charge is 0.481 e. The Morgan fingerprint density at radius 1 is 0.815 bits per heavy atom. The molecular weight excluding hydrogens is 358 g/mol. The highest BCUT2D eigenvalue weighted by atomic mass is 16.6. The van der Waals surface area contributed by atoms with E-state index in [-0.39, 0.29) is 31.1 Å². The number of hydrogen-bond acceptors (Lipinski definition) is 7. The Labute approximate surface area is 160 Å². The second-order valence-corrected chi connectivity index (χ2v) is 6.77. The number of rotatable bonds is 16. The van der Waals surface area contributed by atoms with Crippen molar-refractivity contribution in [1.82, 2.24) is 5.32 Å². The van der Waals surface area contributed by atoms with Gasteiger partial charge in [-0.25, -0.2) is 0 Å². The molecule has 0 aromatic carbocycles. The summed E-state index contributed by atoms with van der Waals surface area (Å²) in [5, 5.41) is 11.1. The van der Waals surface area contributed by atoms with Crippen LogP contribution in [0.15, 0.2) is 0 Å². The molecule has 9 nitrogen and oxygen atoms in total. The van der Waals surface area contributed by atoms with Crippen LogP contribution < -0.4 is 5.32 Å². The van der Waals surface area contributed by atoms with Crippen LogP contribution in [0.2, 0.25) is 0 Å². The average molecular weight is 391 g/mol. The second kappa shape index (κ2) is 15.4. The zero-order valence-corrected chi connectivity index (χ0v) is 16.6. The zero-order chi connectivity index (χ0) is 20.5. The smallest absolute Gasteiger partial charge is 0.308 e. The summed E-state index contributed by atoms with van der Waals surface area (Å²) >= 11 is 0. The van der Waals surface area contributed by atoms with Gasteiger partial charge in [0.05, 0.1) is 45.9 Å². The molecule has 0 bridgehead atoms. The molecule has 0 aliphatic carbocycles. The molecule has 0 spiro atoms. The van der Waals surface area contributed by atoms with E-state index in [0.29, 0.717) is 52.6 Å². The fourth-order valence-electron chi connectivity index (χ4n) is 1.80. The van der Waals surface area contributed by atoms with Crippen molar-refractivity contribution in [2.24, 2.45) is 0 Å². The number of amides is 1. The summed E-state index contributed by atoms with van der Waals surface area (Å²) in [4.78, 5) is 33.0. The maximum Gasteiger partial charge on any atom is 0.308 e. The highest BCUT2D eigenvalue weighted by molar-refractivity contribution is 5.80. The third kappa shape index (κ3) is 20.5. The lowest BCUT2D eigenvalue weighted by Crippen LogP contribution is -2.25. The Kier molecular flexibility index (Phi) is 14.4. The summed E-state index contributed by atoms with van der Waals surface area (Å²) < 4.78 is 21.1. The van der Waals surface area contributed by atoms with Crippen LogP contribution in [-0.4, -0.2) is 74.7 Å². The molecule has 1 amide bonds. The summed E-state index contributed by atoms with van der Waals surface area (Å²) in [6.07, 6.45) is 0.689. The summed E-state index contributed by atoms with van der Waals surface area (Å²) in [5.41, 5.74) is -0.480. The van der Waals surface area contributed by atoms with E-state index >= 15 is 0 Å². The van der Waals surface area contributed by atoms with Crippen LogP contribution in [0.5, 0.6) is 0 Å². The van der Waals surface area contributed by atoms with Gasteiger partial charge in [-0.15, -0.1) is 0 Å². The molecule has 2 N–H and O–H groups in total. The van der Waals surface area contributed by atoms with Crippen LogP contribution in [-0.2, 0) is 33.3 Å².